The lowest BCUT2D eigenvalue weighted by Crippen LogP contribution is -2.28. The average molecular weight is 457 g/mol. The summed E-state index contributed by atoms with van der Waals surface area (Å²) in [6.45, 7) is 6.01. The molecule has 1 amide bonds. The maximum Gasteiger partial charge on any atom is 0.362 e. The Hall–Kier alpha value is -2.40. The largest absolute Gasteiger partial charge is 0.362 e. The number of carbonyl (C=O) groups is 1. The molecule has 1 heterocycles. The second-order valence-corrected chi connectivity index (χ2v) is 8.69. The van der Waals surface area contributed by atoms with Crippen LogP contribution in [0.5, 0.6) is 0 Å². The van der Waals surface area contributed by atoms with Crippen LogP contribution in [0.15, 0.2) is 30.5 Å². The number of hydroxylamine groups is 1. The number of benzene rings is 1. The van der Waals surface area contributed by atoms with Gasteiger partial charge in [0.15, 0.2) is 0 Å². The van der Waals surface area contributed by atoms with Crippen molar-refractivity contribution in [1.29, 1.82) is 0 Å². The van der Waals surface area contributed by atoms with Crippen molar-refractivity contribution in [1.82, 2.24) is 10.5 Å². The van der Waals surface area contributed by atoms with Gasteiger partial charge in [-0.2, -0.15) is 8.42 Å². The molecule has 2 aromatic rings. The fourth-order valence-electron chi connectivity index (χ4n) is 2.56. The number of halogens is 1. The summed E-state index contributed by atoms with van der Waals surface area (Å²) in [4.78, 5) is 21.3. The van der Waals surface area contributed by atoms with Crippen molar-refractivity contribution in [3.63, 3.8) is 0 Å². The lowest BCUT2D eigenvalue weighted by molar-refractivity contribution is 0.0365. The van der Waals surface area contributed by atoms with Crippen molar-refractivity contribution in [2.45, 2.75) is 26.7 Å². The summed E-state index contributed by atoms with van der Waals surface area (Å²) in [6.07, 6.45) is 1.30. The Morgan fingerprint density at radius 3 is 2.57 bits per heavy atom. The summed E-state index contributed by atoms with van der Waals surface area (Å²) >= 11 is 6.02. The Morgan fingerprint density at radius 1 is 1.27 bits per heavy atom. The smallest absolute Gasteiger partial charge is 0.353 e. The van der Waals surface area contributed by atoms with E-state index in [1.165, 1.54) is 19.3 Å². The van der Waals surface area contributed by atoms with E-state index in [0.717, 1.165) is 17.0 Å². The number of amides is 1. The molecule has 164 valence electrons. The van der Waals surface area contributed by atoms with Crippen molar-refractivity contribution >= 4 is 44.9 Å². The van der Waals surface area contributed by atoms with E-state index < -0.39 is 16.2 Å². The first-order chi connectivity index (χ1) is 14.1. The number of anilines is 3. The fraction of sp³-hybridized carbons (Fsp3) is 0.368. The maximum absolute atomic E-state index is 12.4. The molecular formula is C19H25ClN4O5S. The molecule has 9 nitrogen and oxygen atoms in total. The molecular weight excluding hydrogens is 432 g/mol. The third-order valence-electron chi connectivity index (χ3n) is 4.27. The highest BCUT2D eigenvalue weighted by Crippen LogP contribution is 2.34. The Kier molecular flexibility index (Phi) is 8.02. The highest BCUT2D eigenvalue weighted by Gasteiger charge is 2.22. The normalized spacial score (nSPS) is 11.4. The van der Waals surface area contributed by atoms with E-state index in [1.807, 2.05) is 19.9 Å². The van der Waals surface area contributed by atoms with E-state index in [4.69, 9.17) is 16.4 Å². The van der Waals surface area contributed by atoms with E-state index in [2.05, 4.69) is 20.0 Å². The predicted octanol–water partition coefficient (Wildman–Crippen LogP) is 3.61. The van der Waals surface area contributed by atoms with E-state index in [9.17, 15) is 13.2 Å². The van der Waals surface area contributed by atoms with E-state index >= 15 is 0 Å². The highest BCUT2D eigenvalue weighted by molar-refractivity contribution is 7.88. The zero-order valence-electron chi connectivity index (χ0n) is 17.4. The van der Waals surface area contributed by atoms with Crippen molar-refractivity contribution in [3.8, 4) is 0 Å². The van der Waals surface area contributed by atoms with Crippen molar-refractivity contribution in [3.05, 3.63) is 46.7 Å². The van der Waals surface area contributed by atoms with E-state index in [1.54, 1.807) is 19.1 Å². The lowest BCUT2D eigenvalue weighted by Gasteiger charge is -2.23. The molecule has 11 heteroatoms. The van der Waals surface area contributed by atoms with Crippen molar-refractivity contribution in [2.24, 2.45) is 0 Å². The summed E-state index contributed by atoms with van der Waals surface area (Å²) in [5.41, 5.74) is 4.49. The molecule has 2 N–H and O–H groups in total. The van der Waals surface area contributed by atoms with Gasteiger partial charge >= 0.3 is 10.3 Å². The quantitative estimate of drug-likeness (QED) is 0.438. The van der Waals surface area contributed by atoms with Crippen LogP contribution < -0.4 is 15.1 Å². The molecule has 0 saturated heterocycles. The minimum atomic E-state index is -4.00. The molecule has 0 aliphatic rings. The lowest BCUT2D eigenvalue weighted by atomic mass is 10.0. The summed E-state index contributed by atoms with van der Waals surface area (Å²) < 4.78 is 30.3. The molecule has 30 heavy (non-hydrogen) atoms. The molecule has 1 aromatic carbocycles. The van der Waals surface area contributed by atoms with E-state index in [-0.39, 0.29) is 23.2 Å². The van der Waals surface area contributed by atoms with Gasteiger partial charge in [-0.15, -0.1) is 0 Å². The van der Waals surface area contributed by atoms with Crippen LogP contribution in [0.2, 0.25) is 5.15 Å². The summed E-state index contributed by atoms with van der Waals surface area (Å²) in [6, 6.07) is 6.80. The number of aromatic nitrogens is 1. The van der Waals surface area contributed by atoms with Crippen LogP contribution in [0.3, 0.4) is 0 Å². The first kappa shape index (κ1) is 23.9. The highest BCUT2D eigenvalue weighted by atomic mass is 35.5. The zero-order chi connectivity index (χ0) is 22.5. The summed E-state index contributed by atoms with van der Waals surface area (Å²) in [7, 11) is -1.53. The van der Waals surface area contributed by atoms with Gasteiger partial charge in [0.1, 0.15) is 5.15 Å². The van der Waals surface area contributed by atoms with Crippen LogP contribution >= 0.6 is 11.6 Å². The predicted molar refractivity (Wildman–Crippen MR) is 116 cm³/mol. The Balaban J connectivity index is 2.55. The van der Waals surface area contributed by atoms with Gasteiger partial charge in [-0.3, -0.25) is 13.8 Å². The van der Waals surface area contributed by atoms with Gasteiger partial charge in [0.05, 0.1) is 36.3 Å². The molecule has 1 aromatic heterocycles. The maximum atomic E-state index is 12.4. The number of carbonyl (C=O) groups excluding carboxylic acids is 1. The van der Waals surface area contributed by atoms with Crippen LogP contribution in [-0.4, -0.2) is 40.1 Å². The van der Waals surface area contributed by atoms with E-state index in [0.29, 0.717) is 17.1 Å². The summed E-state index contributed by atoms with van der Waals surface area (Å²) in [5.74, 6) is -0.360. The van der Waals surface area contributed by atoms with Gasteiger partial charge < -0.3 is 5.32 Å². The molecule has 0 unspecified atom stereocenters. The second-order valence-electron chi connectivity index (χ2n) is 6.56. The second kappa shape index (κ2) is 10.1. The van der Waals surface area contributed by atoms with Gasteiger partial charge in [-0.25, -0.2) is 14.8 Å². The number of hydrogen-bond acceptors (Lipinski definition) is 7. The van der Waals surface area contributed by atoms with Gasteiger partial charge in [0, 0.05) is 13.2 Å². The molecule has 0 saturated carbocycles. The minimum Gasteiger partial charge on any atom is -0.353 e. The first-order valence-corrected chi connectivity index (χ1v) is 10.9. The number of rotatable bonds is 9. The van der Waals surface area contributed by atoms with Gasteiger partial charge in [-0.1, -0.05) is 31.5 Å². The van der Waals surface area contributed by atoms with Crippen molar-refractivity contribution < 1.29 is 22.2 Å². The third kappa shape index (κ3) is 5.60. The molecule has 0 bridgehead atoms. The Bertz CT molecular complexity index is 1010. The van der Waals surface area contributed by atoms with Gasteiger partial charge in [0.2, 0.25) is 0 Å². The standard InChI is InChI=1S/C19H25ClN4O5S/c1-6-29-23-19(25)14-11-21-18(20)10-16(14)22-15-8-7-13(12(2)3)9-17(15)24(4)30(26,27)28-5/h7-12H,6H2,1-5H3,(H,21,22)(H,23,25). The Labute approximate surface area is 181 Å². The number of pyridine rings is 1. The number of hydrogen-bond donors (Lipinski definition) is 2. The summed E-state index contributed by atoms with van der Waals surface area (Å²) in [5, 5.41) is 3.24. The molecule has 0 aliphatic carbocycles. The topological polar surface area (TPSA) is 110 Å². The molecule has 0 spiro atoms. The molecule has 2 rings (SSSR count). The van der Waals surface area contributed by atoms with Gasteiger partial charge in [-0.05, 0) is 36.6 Å². The van der Waals surface area contributed by atoms with Crippen LogP contribution in [0.25, 0.3) is 0 Å². The molecule has 0 aliphatic heterocycles. The first-order valence-electron chi connectivity index (χ1n) is 9.13. The number of nitrogens with zero attached hydrogens (tertiary/aromatic N) is 2. The van der Waals surface area contributed by atoms with Crippen LogP contribution in [0.4, 0.5) is 17.1 Å². The monoisotopic (exact) mass is 456 g/mol. The Morgan fingerprint density at radius 2 is 1.97 bits per heavy atom. The van der Waals surface area contributed by atoms with Gasteiger partial charge in [0.25, 0.3) is 5.91 Å². The SMILES string of the molecule is CCONC(=O)c1cnc(Cl)cc1Nc1ccc(C(C)C)cc1N(C)S(=O)(=O)OC. The van der Waals surface area contributed by atoms with Crippen LogP contribution in [-0.2, 0) is 19.3 Å². The average Bonchev–Trinajstić information content (AvgIpc) is 2.71. The fourth-order valence-corrected chi connectivity index (χ4v) is 3.33. The van der Waals surface area contributed by atoms with Crippen LogP contribution in [0.1, 0.15) is 42.6 Å². The van der Waals surface area contributed by atoms with Crippen LogP contribution in [0, 0.1) is 0 Å². The van der Waals surface area contributed by atoms with Crippen molar-refractivity contribution in [2.75, 3.05) is 30.4 Å². The third-order valence-corrected chi connectivity index (χ3v) is 5.76. The zero-order valence-corrected chi connectivity index (χ0v) is 19.0. The molecule has 0 fully saturated rings. The minimum absolute atomic E-state index is 0.156. The molecule has 0 atom stereocenters. The molecule has 0 radical (unpaired) electrons. The number of nitrogens with one attached hydrogen (secondary N) is 2.